The summed E-state index contributed by atoms with van der Waals surface area (Å²) in [5.41, 5.74) is 0.552. The van der Waals surface area contributed by atoms with Crippen molar-refractivity contribution < 1.29 is 9.18 Å². The topological polar surface area (TPSA) is 32.3 Å². The first-order valence-electron chi connectivity index (χ1n) is 7.63. The lowest BCUT2D eigenvalue weighted by Crippen LogP contribution is -2.45. The smallest absolute Gasteiger partial charge is 0.255 e. The van der Waals surface area contributed by atoms with Crippen molar-refractivity contribution in [1.29, 1.82) is 0 Å². The van der Waals surface area contributed by atoms with Crippen molar-refractivity contribution in [3.05, 3.63) is 34.1 Å². The number of amides is 1. The molecule has 2 aliphatic heterocycles. The third-order valence-electron chi connectivity index (χ3n) is 4.57. The Balaban J connectivity index is 1.71. The molecule has 1 aromatic carbocycles. The van der Waals surface area contributed by atoms with Gasteiger partial charge in [0.1, 0.15) is 5.82 Å². The number of rotatable bonds is 2. The normalized spacial score (nSPS) is 26.1. The lowest BCUT2D eigenvalue weighted by Gasteiger charge is -2.36. The summed E-state index contributed by atoms with van der Waals surface area (Å²) >= 11 is 3.30. The summed E-state index contributed by atoms with van der Waals surface area (Å²) < 4.78 is 13.7. The molecule has 0 spiro atoms. The highest BCUT2D eigenvalue weighted by molar-refractivity contribution is 9.10. The van der Waals surface area contributed by atoms with Gasteiger partial charge in [-0.1, -0.05) is 0 Å². The lowest BCUT2D eigenvalue weighted by molar-refractivity contribution is 0.0650. The highest BCUT2D eigenvalue weighted by Gasteiger charge is 2.31. The molecule has 3 nitrogen and oxygen atoms in total. The first-order chi connectivity index (χ1) is 10.1. The molecule has 1 amide bonds. The van der Waals surface area contributed by atoms with E-state index in [1.807, 2.05) is 4.90 Å². The molecular weight excluding hydrogens is 335 g/mol. The van der Waals surface area contributed by atoms with Gasteiger partial charge in [0.05, 0.1) is 5.56 Å². The number of carbonyl (C=O) groups excluding carboxylic acids is 1. The predicted octanol–water partition coefficient (Wildman–Crippen LogP) is 3.19. The van der Waals surface area contributed by atoms with Gasteiger partial charge in [-0.2, -0.15) is 0 Å². The predicted molar refractivity (Wildman–Crippen MR) is 83.8 cm³/mol. The summed E-state index contributed by atoms with van der Waals surface area (Å²) in [5, 5.41) is 3.55. The van der Waals surface area contributed by atoms with Gasteiger partial charge in [-0.05, 0) is 72.3 Å². The number of nitrogens with zero attached hydrogens (tertiary/aromatic N) is 1. The Morgan fingerprint density at radius 1 is 1.33 bits per heavy atom. The molecule has 2 aliphatic rings. The zero-order valence-corrected chi connectivity index (χ0v) is 13.5. The van der Waals surface area contributed by atoms with Gasteiger partial charge in [-0.25, -0.2) is 4.39 Å². The summed E-state index contributed by atoms with van der Waals surface area (Å²) in [4.78, 5) is 14.6. The number of benzene rings is 1. The second-order valence-corrected chi connectivity index (χ2v) is 6.83. The molecule has 2 heterocycles. The Morgan fingerprint density at radius 3 is 2.90 bits per heavy atom. The van der Waals surface area contributed by atoms with Gasteiger partial charge < -0.3 is 10.2 Å². The number of hydrogen-bond acceptors (Lipinski definition) is 2. The molecule has 5 heteroatoms. The van der Waals surface area contributed by atoms with Crippen LogP contribution in [0.5, 0.6) is 0 Å². The van der Waals surface area contributed by atoms with Gasteiger partial charge in [-0.15, -0.1) is 0 Å². The van der Waals surface area contributed by atoms with Gasteiger partial charge in [0.25, 0.3) is 5.91 Å². The van der Waals surface area contributed by atoms with Crippen molar-refractivity contribution >= 4 is 21.8 Å². The molecule has 0 bridgehead atoms. The van der Waals surface area contributed by atoms with Crippen molar-refractivity contribution in [2.24, 2.45) is 5.92 Å². The van der Waals surface area contributed by atoms with Gasteiger partial charge in [-0.3, -0.25) is 4.79 Å². The van der Waals surface area contributed by atoms with Crippen molar-refractivity contribution in [2.45, 2.75) is 31.7 Å². The van der Waals surface area contributed by atoms with Crippen LogP contribution >= 0.6 is 15.9 Å². The monoisotopic (exact) mass is 354 g/mol. The lowest BCUT2D eigenvalue weighted by atomic mass is 9.89. The number of halogens is 2. The molecule has 0 aromatic heterocycles. The van der Waals surface area contributed by atoms with Crippen LogP contribution in [-0.4, -0.2) is 36.5 Å². The Morgan fingerprint density at radius 2 is 2.19 bits per heavy atom. The standard InChI is InChI=1S/C16H20BrFN2O/c17-14-9-12(18)5-6-13(14)16(21)20-8-2-3-11(10-20)15-4-1-7-19-15/h5-6,9,11,15,19H,1-4,7-8,10H2. The second kappa shape index (κ2) is 6.44. The summed E-state index contributed by atoms with van der Waals surface area (Å²) in [6.45, 7) is 2.70. The van der Waals surface area contributed by atoms with Crippen LogP contribution in [0.1, 0.15) is 36.0 Å². The van der Waals surface area contributed by atoms with E-state index in [0.717, 1.165) is 26.1 Å². The van der Waals surface area contributed by atoms with E-state index < -0.39 is 0 Å². The largest absolute Gasteiger partial charge is 0.338 e. The van der Waals surface area contributed by atoms with Crippen LogP contribution in [0, 0.1) is 11.7 Å². The molecule has 2 saturated heterocycles. The molecule has 1 aromatic rings. The van der Waals surface area contributed by atoms with Crippen LogP contribution < -0.4 is 5.32 Å². The molecular formula is C16H20BrFN2O. The number of nitrogens with one attached hydrogen (secondary N) is 1. The zero-order valence-electron chi connectivity index (χ0n) is 11.9. The SMILES string of the molecule is O=C(c1ccc(F)cc1Br)N1CCCC(C2CCCN2)C1. The van der Waals surface area contributed by atoms with Crippen LogP contribution in [0.4, 0.5) is 4.39 Å². The molecule has 2 atom stereocenters. The highest BCUT2D eigenvalue weighted by Crippen LogP contribution is 2.27. The molecule has 0 radical (unpaired) electrons. The summed E-state index contributed by atoms with van der Waals surface area (Å²) in [5.74, 6) is 0.221. The number of hydrogen-bond donors (Lipinski definition) is 1. The average molecular weight is 355 g/mol. The molecule has 3 rings (SSSR count). The van der Waals surface area contributed by atoms with Crippen molar-refractivity contribution in [3.63, 3.8) is 0 Å². The minimum Gasteiger partial charge on any atom is -0.338 e. The number of likely N-dealkylation sites (tertiary alicyclic amines) is 1. The minimum atomic E-state index is -0.329. The Kier molecular flexibility index (Phi) is 4.60. The fourth-order valence-corrected chi connectivity index (χ4v) is 3.99. The average Bonchev–Trinajstić information content (AvgIpc) is 3.01. The van der Waals surface area contributed by atoms with Gasteiger partial charge >= 0.3 is 0 Å². The second-order valence-electron chi connectivity index (χ2n) is 5.98. The summed E-state index contributed by atoms with van der Waals surface area (Å²) in [7, 11) is 0. The maximum absolute atomic E-state index is 13.2. The first kappa shape index (κ1) is 15.0. The third-order valence-corrected chi connectivity index (χ3v) is 5.23. The number of carbonyl (C=O) groups is 1. The number of piperidine rings is 1. The molecule has 2 fully saturated rings. The van der Waals surface area contributed by atoms with Crippen LogP contribution in [0.2, 0.25) is 0 Å². The van der Waals surface area contributed by atoms with Crippen molar-refractivity contribution in [3.8, 4) is 0 Å². The van der Waals surface area contributed by atoms with E-state index in [1.54, 1.807) is 6.07 Å². The quantitative estimate of drug-likeness (QED) is 0.884. The van der Waals surface area contributed by atoms with Gasteiger partial charge in [0.15, 0.2) is 0 Å². The maximum Gasteiger partial charge on any atom is 0.255 e. The molecule has 1 N–H and O–H groups in total. The Hall–Kier alpha value is -0.940. The summed E-state index contributed by atoms with van der Waals surface area (Å²) in [6, 6.07) is 4.82. The van der Waals surface area contributed by atoms with E-state index in [-0.39, 0.29) is 11.7 Å². The Bertz CT molecular complexity index is 531. The van der Waals surface area contributed by atoms with Crippen LogP contribution in [0.25, 0.3) is 0 Å². The van der Waals surface area contributed by atoms with E-state index in [1.165, 1.54) is 31.4 Å². The van der Waals surface area contributed by atoms with Crippen LogP contribution in [0.3, 0.4) is 0 Å². The zero-order chi connectivity index (χ0) is 14.8. The molecule has 2 unspecified atom stereocenters. The highest BCUT2D eigenvalue weighted by atomic mass is 79.9. The van der Waals surface area contributed by atoms with Crippen LogP contribution in [0.15, 0.2) is 22.7 Å². The fraction of sp³-hybridized carbons (Fsp3) is 0.562. The van der Waals surface area contributed by atoms with E-state index in [0.29, 0.717) is 22.0 Å². The maximum atomic E-state index is 13.2. The van der Waals surface area contributed by atoms with Crippen molar-refractivity contribution in [1.82, 2.24) is 10.2 Å². The molecule has 114 valence electrons. The van der Waals surface area contributed by atoms with Crippen molar-refractivity contribution in [2.75, 3.05) is 19.6 Å². The fourth-order valence-electron chi connectivity index (χ4n) is 3.47. The third kappa shape index (κ3) is 3.29. The van der Waals surface area contributed by atoms with E-state index >= 15 is 0 Å². The molecule has 21 heavy (non-hydrogen) atoms. The van der Waals surface area contributed by atoms with Gasteiger partial charge in [0, 0.05) is 23.6 Å². The summed E-state index contributed by atoms with van der Waals surface area (Å²) in [6.07, 6.45) is 4.69. The Labute approximate surface area is 133 Å². The minimum absolute atomic E-state index is 0.00423. The first-order valence-corrected chi connectivity index (χ1v) is 8.42. The van der Waals surface area contributed by atoms with Crippen LogP contribution in [-0.2, 0) is 0 Å². The van der Waals surface area contributed by atoms with E-state index in [4.69, 9.17) is 0 Å². The molecule has 0 saturated carbocycles. The van der Waals surface area contributed by atoms with Gasteiger partial charge in [0.2, 0.25) is 0 Å². The van der Waals surface area contributed by atoms with E-state index in [9.17, 15) is 9.18 Å². The molecule has 0 aliphatic carbocycles. The van der Waals surface area contributed by atoms with E-state index in [2.05, 4.69) is 21.2 Å².